The first-order valence-electron chi connectivity index (χ1n) is 13.6. The Labute approximate surface area is 249 Å². The Morgan fingerprint density at radius 3 is 2.19 bits per heavy atom. The summed E-state index contributed by atoms with van der Waals surface area (Å²) in [5.74, 6) is -0.708. The first-order valence-corrected chi connectivity index (χ1v) is 13.6. The number of rotatable bonds is 9. The van der Waals surface area contributed by atoms with Crippen LogP contribution in [-0.2, 0) is 25.4 Å². The lowest BCUT2D eigenvalue weighted by molar-refractivity contribution is -0.139. The number of ether oxygens (including phenoxy) is 4. The van der Waals surface area contributed by atoms with E-state index >= 15 is 0 Å². The van der Waals surface area contributed by atoms with Gasteiger partial charge in [-0.15, -0.1) is 0 Å². The molecule has 1 saturated heterocycles. The van der Waals surface area contributed by atoms with Crippen molar-refractivity contribution >= 4 is 35.8 Å². The number of aliphatic imine (C=N–C) groups is 1. The van der Waals surface area contributed by atoms with E-state index < -0.39 is 47.6 Å². The fourth-order valence-electron chi connectivity index (χ4n) is 3.88. The Morgan fingerprint density at radius 1 is 1.02 bits per heavy atom. The summed E-state index contributed by atoms with van der Waals surface area (Å²) in [6.07, 6.45) is -2.65. The van der Waals surface area contributed by atoms with Gasteiger partial charge in [0.2, 0.25) is 0 Å². The molecule has 0 bridgehead atoms. The van der Waals surface area contributed by atoms with Crippen molar-refractivity contribution in [2.75, 3.05) is 18.1 Å². The summed E-state index contributed by atoms with van der Waals surface area (Å²) in [5, 5.41) is 11.9. The molecule has 0 aliphatic carbocycles. The number of aliphatic carboxylic acids is 1. The smallest absolute Gasteiger partial charge is 0.436 e. The van der Waals surface area contributed by atoms with Gasteiger partial charge in [-0.3, -0.25) is 4.90 Å². The highest BCUT2D eigenvalue weighted by molar-refractivity contribution is 6.03. The highest BCUT2D eigenvalue weighted by atomic mass is 16.6. The molecule has 0 saturated carbocycles. The van der Waals surface area contributed by atoms with Crippen LogP contribution >= 0.6 is 0 Å². The number of amides is 3. The molecule has 1 aliphatic rings. The third-order valence-corrected chi connectivity index (χ3v) is 5.74. The highest BCUT2D eigenvalue weighted by Crippen LogP contribution is 2.23. The maximum absolute atomic E-state index is 12.5. The normalized spacial score (nSPS) is 16.2. The fraction of sp³-hybridized carbons (Fsp3) is 0.433. The maximum atomic E-state index is 12.5. The molecule has 2 unspecified atom stereocenters. The number of carbonyl (C=O) groups is 4. The Morgan fingerprint density at radius 2 is 1.63 bits per heavy atom. The van der Waals surface area contributed by atoms with E-state index in [0.717, 1.165) is 0 Å². The van der Waals surface area contributed by atoms with Crippen LogP contribution in [0.5, 0.6) is 5.75 Å². The van der Waals surface area contributed by atoms with Crippen molar-refractivity contribution in [2.45, 2.75) is 71.3 Å². The molecule has 2 aromatic rings. The fourth-order valence-corrected chi connectivity index (χ4v) is 3.88. The van der Waals surface area contributed by atoms with Gasteiger partial charge in [0.1, 0.15) is 35.4 Å². The van der Waals surface area contributed by atoms with E-state index in [1.54, 1.807) is 90.1 Å². The monoisotopic (exact) mass is 598 g/mol. The number of hydrogen-bond donors (Lipinski definition) is 3. The molecule has 2 atom stereocenters. The molecule has 13 nitrogen and oxygen atoms in total. The maximum Gasteiger partial charge on any atom is 0.436 e. The summed E-state index contributed by atoms with van der Waals surface area (Å²) in [7, 11) is 0. The van der Waals surface area contributed by atoms with Gasteiger partial charge in [-0.1, -0.05) is 12.1 Å². The lowest BCUT2D eigenvalue weighted by atomic mass is 10.1. The zero-order valence-electron chi connectivity index (χ0n) is 25.1. The molecule has 1 aliphatic heterocycles. The minimum atomic E-state index is -1.19. The number of anilines is 1. The lowest BCUT2D eigenvalue weighted by Crippen LogP contribution is -2.44. The van der Waals surface area contributed by atoms with Crippen LogP contribution in [0.2, 0.25) is 0 Å². The van der Waals surface area contributed by atoms with E-state index in [1.165, 1.54) is 4.90 Å². The van der Waals surface area contributed by atoms with Crippen LogP contribution in [0.4, 0.5) is 20.1 Å². The van der Waals surface area contributed by atoms with E-state index in [-0.39, 0.29) is 25.4 Å². The number of carboxylic acids is 1. The minimum Gasteiger partial charge on any atom is -0.490 e. The van der Waals surface area contributed by atoms with Crippen molar-refractivity contribution in [3.63, 3.8) is 0 Å². The minimum absolute atomic E-state index is 0.0140. The number of amidine groups is 1. The van der Waals surface area contributed by atoms with Gasteiger partial charge < -0.3 is 35.1 Å². The van der Waals surface area contributed by atoms with Gasteiger partial charge in [0.15, 0.2) is 6.10 Å². The molecule has 0 spiro atoms. The van der Waals surface area contributed by atoms with E-state index in [9.17, 15) is 24.3 Å². The van der Waals surface area contributed by atoms with Crippen molar-refractivity contribution in [2.24, 2.45) is 10.7 Å². The largest absolute Gasteiger partial charge is 0.490 e. The van der Waals surface area contributed by atoms with Crippen LogP contribution in [0.15, 0.2) is 53.5 Å². The van der Waals surface area contributed by atoms with E-state index in [4.69, 9.17) is 24.7 Å². The number of alkyl carbamates (subject to hydrolysis) is 1. The van der Waals surface area contributed by atoms with Gasteiger partial charge in [-0.25, -0.2) is 19.2 Å². The van der Waals surface area contributed by atoms with Gasteiger partial charge in [0.25, 0.3) is 0 Å². The Bertz CT molecular complexity index is 1340. The van der Waals surface area contributed by atoms with Crippen molar-refractivity contribution in [3.8, 4) is 5.75 Å². The predicted molar refractivity (Wildman–Crippen MR) is 157 cm³/mol. The molecule has 0 radical (unpaired) electrons. The summed E-state index contributed by atoms with van der Waals surface area (Å²) in [6, 6.07) is 12.1. The van der Waals surface area contributed by atoms with Gasteiger partial charge >= 0.3 is 24.2 Å². The third-order valence-electron chi connectivity index (χ3n) is 5.74. The van der Waals surface area contributed by atoms with E-state index in [0.29, 0.717) is 22.6 Å². The van der Waals surface area contributed by atoms with Crippen molar-refractivity contribution in [1.82, 2.24) is 5.32 Å². The summed E-state index contributed by atoms with van der Waals surface area (Å²) in [6.45, 7) is 10.6. The van der Waals surface area contributed by atoms with Crippen molar-refractivity contribution in [3.05, 3.63) is 59.7 Å². The average molecular weight is 599 g/mol. The first-order chi connectivity index (χ1) is 20.0. The number of carboxylic acid groups (broad SMARTS) is 1. The number of nitrogens with two attached hydrogens (primary N) is 1. The second-order valence-corrected chi connectivity index (χ2v) is 11.8. The molecule has 1 heterocycles. The first kappa shape index (κ1) is 32.7. The lowest BCUT2D eigenvalue weighted by Gasteiger charge is -2.22. The standard InChI is InChI=1S/C30H38N4O9/c1-29(2,3)42-26(37)32-23(25(35)36)15-18-7-13-21(14-8-18)40-17-22-16-34(28(39)41-22)20-11-9-19(10-12-20)24(31)33-27(38)43-30(4,5)6/h7-14,22-23H,15-17H2,1-6H3,(H,32,37)(H,35,36)(H2,31,33,38). The van der Waals surface area contributed by atoms with Crippen molar-refractivity contribution < 1.29 is 43.2 Å². The van der Waals surface area contributed by atoms with Crippen LogP contribution in [0.1, 0.15) is 52.7 Å². The van der Waals surface area contributed by atoms with Crippen LogP contribution in [0.3, 0.4) is 0 Å². The molecule has 3 rings (SSSR count). The number of carbonyl (C=O) groups excluding carboxylic acids is 3. The summed E-state index contributed by atoms with van der Waals surface area (Å²) in [4.78, 5) is 53.2. The van der Waals surface area contributed by atoms with Crippen LogP contribution in [0, 0.1) is 0 Å². The van der Waals surface area contributed by atoms with Gasteiger partial charge in [-0.2, -0.15) is 4.99 Å². The molecule has 13 heteroatoms. The Hall–Kier alpha value is -4.81. The molecule has 4 N–H and O–H groups in total. The summed E-state index contributed by atoms with van der Waals surface area (Å²) >= 11 is 0. The highest BCUT2D eigenvalue weighted by Gasteiger charge is 2.33. The molecule has 0 aromatic heterocycles. The van der Waals surface area contributed by atoms with Gasteiger partial charge in [-0.05, 0) is 83.5 Å². The molecule has 3 amide bonds. The van der Waals surface area contributed by atoms with Gasteiger partial charge in [0.05, 0.1) is 6.54 Å². The third kappa shape index (κ3) is 10.5. The number of benzene rings is 2. The second-order valence-electron chi connectivity index (χ2n) is 11.8. The number of cyclic esters (lactones) is 1. The quantitative estimate of drug-likeness (QED) is 0.215. The van der Waals surface area contributed by atoms with Crippen LogP contribution < -0.4 is 20.7 Å². The summed E-state index contributed by atoms with van der Waals surface area (Å²) < 4.78 is 21.5. The number of nitrogens with one attached hydrogen (secondary N) is 1. The van der Waals surface area contributed by atoms with Crippen molar-refractivity contribution in [1.29, 1.82) is 0 Å². The van der Waals surface area contributed by atoms with Gasteiger partial charge in [0, 0.05) is 17.7 Å². The average Bonchev–Trinajstić information content (AvgIpc) is 3.26. The Balaban J connectivity index is 1.52. The summed E-state index contributed by atoms with van der Waals surface area (Å²) in [5.41, 5.74) is 6.19. The molecule has 1 fully saturated rings. The van der Waals surface area contributed by atoms with Crippen LogP contribution in [0.25, 0.3) is 0 Å². The Kier molecular flexibility index (Phi) is 10.2. The molecule has 2 aromatic carbocycles. The SMILES string of the molecule is CC(C)(C)OC(=O)N=C(N)c1ccc(N2CC(COc3ccc(CC(NC(=O)OC(C)(C)C)C(=O)O)cc3)OC2=O)cc1. The zero-order chi connectivity index (χ0) is 31.9. The molecular formula is C30H38N4O9. The number of hydrogen-bond acceptors (Lipinski definition) is 8. The number of nitrogens with zero attached hydrogens (tertiary/aromatic N) is 2. The van der Waals surface area contributed by atoms with E-state index in [1.807, 2.05) is 0 Å². The molecular weight excluding hydrogens is 560 g/mol. The predicted octanol–water partition coefficient (Wildman–Crippen LogP) is 4.25. The molecule has 232 valence electrons. The zero-order valence-corrected chi connectivity index (χ0v) is 25.1. The topological polar surface area (TPSA) is 179 Å². The van der Waals surface area contributed by atoms with E-state index in [2.05, 4.69) is 10.3 Å². The van der Waals surface area contributed by atoms with Crippen LogP contribution in [-0.4, -0.2) is 71.7 Å². The molecule has 43 heavy (non-hydrogen) atoms. The second kappa shape index (κ2) is 13.4.